The third kappa shape index (κ3) is 4.31. The zero-order valence-electron chi connectivity index (χ0n) is 15.2. The summed E-state index contributed by atoms with van der Waals surface area (Å²) in [4.78, 5) is 19.4. The van der Waals surface area contributed by atoms with Crippen molar-refractivity contribution in [2.24, 2.45) is 0 Å². The average molecular weight is 384 g/mol. The summed E-state index contributed by atoms with van der Waals surface area (Å²) in [6, 6.07) is 13.3. The number of carbonyl (C=O) groups is 1. The van der Waals surface area contributed by atoms with Crippen LogP contribution >= 0.6 is 11.6 Å². The van der Waals surface area contributed by atoms with E-state index in [9.17, 15) is 4.79 Å². The van der Waals surface area contributed by atoms with Gasteiger partial charge in [0.2, 0.25) is 0 Å². The topological polar surface area (TPSA) is 58.4 Å². The van der Waals surface area contributed by atoms with Crippen molar-refractivity contribution >= 4 is 28.6 Å². The number of aromatic nitrogens is 1. The number of oxazole rings is 1. The number of halogens is 1. The first-order valence-corrected chi connectivity index (χ1v) is 9.58. The van der Waals surface area contributed by atoms with E-state index in [1.54, 1.807) is 12.1 Å². The van der Waals surface area contributed by atoms with Crippen molar-refractivity contribution in [3.05, 3.63) is 64.5 Å². The summed E-state index contributed by atoms with van der Waals surface area (Å²) in [5, 5.41) is 3.82. The molecule has 1 fully saturated rings. The standard InChI is InChI=1S/C21H22ClN3O2/c1-25-9-7-17(8-10-25)23-21(26)15-5-6-18-19(13-15)27-20(24-18)12-14-3-2-4-16(22)11-14/h2-6,11,13,17H,7-10,12H2,1H3,(H,23,26). The number of hydrogen-bond acceptors (Lipinski definition) is 4. The Bertz CT molecular complexity index is 961. The highest BCUT2D eigenvalue weighted by atomic mass is 35.5. The molecular formula is C21H22ClN3O2. The van der Waals surface area contributed by atoms with Crippen LogP contribution in [0, 0.1) is 0 Å². The van der Waals surface area contributed by atoms with Gasteiger partial charge in [0, 0.05) is 23.0 Å². The third-order valence-electron chi connectivity index (χ3n) is 4.99. The van der Waals surface area contributed by atoms with Crippen molar-refractivity contribution in [1.82, 2.24) is 15.2 Å². The van der Waals surface area contributed by atoms with Gasteiger partial charge in [-0.1, -0.05) is 23.7 Å². The molecule has 2 heterocycles. The molecule has 6 heteroatoms. The van der Waals surface area contributed by atoms with Crippen molar-refractivity contribution in [1.29, 1.82) is 0 Å². The van der Waals surface area contributed by atoms with Gasteiger partial charge in [-0.3, -0.25) is 4.79 Å². The summed E-state index contributed by atoms with van der Waals surface area (Å²) in [6.45, 7) is 2.03. The molecule has 3 aromatic rings. The first-order valence-electron chi connectivity index (χ1n) is 9.20. The summed E-state index contributed by atoms with van der Waals surface area (Å²) < 4.78 is 5.87. The van der Waals surface area contributed by atoms with Crippen LogP contribution in [0.4, 0.5) is 0 Å². The minimum absolute atomic E-state index is 0.0563. The number of amides is 1. The zero-order chi connectivity index (χ0) is 18.8. The van der Waals surface area contributed by atoms with Gasteiger partial charge in [0.05, 0.1) is 0 Å². The molecular weight excluding hydrogens is 362 g/mol. The van der Waals surface area contributed by atoms with Crippen molar-refractivity contribution in [3.8, 4) is 0 Å². The average Bonchev–Trinajstić information content (AvgIpc) is 3.05. The molecule has 1 amide bonds. The molecule has 5 nitrogen and oxygen atoms in total. The number of piperidine rings is 1. The van der Waals surface area contributed by atoms with Gasteiger partial charge >= 0.3 is 0 Å². The van der Waals surface area contributed by atoms with E-state index in [4.69, 9.17) is 16.0 Å². The Morgan fingerprint density at radius 3 is 2.85 bits per heavy atom. The first-order chi connectivity index (χ1) is 13.1. The highest BCUT2D eigenvalue weighted by Gasteiger charge is 2.19. The second-order valence-corrected chi connectivity index (χ2v) is 7.58. The zero-order valence-corrected chi connectivity index (χ0v) is 16.0. The van der Waals surface area contributed by atoms with E-state index in [-0.39, 0.29) is 11.9 Å². The molecule has 0 saturated carbocycles. The molecule has 1 aliphatic heterocycles. The van der Waals surface area contributed by atoms with Crippen molar-refractivity contribution in [2.45, 2.75) is 25.3 Å². The van der Waals surface area contributed by atoms with Gasteiger partial charge in [0.15, 0.2) is 11.5 Å². The van der Waals surface area contributed by atoms with Gasteiger partial charge in [0.25, 0.3) is 5.91 Å². The van der Waals surface area contributed by atoms with Crippen LogP contribution in [0.25, 0.3) is 11.1 Å². The lowest BCUT2D eigenvalue weighted by Crippen LogP contribution is -2.43. The highest BCUT2D eigenvalue weighted by molar-refractivity contribution is 6.30. The molecule has 1 aliphatic rings. The molecule has 0 bridgehead atoms. The number of hydrogen-bond donors (Lipinski definition) is 1. The normalized spacial score (nSPS) is 15.9. The van der Waals surface area contributed by atoms with E-state index in [1.165, 1.54) is 0 Å². The van der Waals surface area contributed by atoms with E-state index in [0.717, 1.165) is 37.0 Å². The smallest absolute Gasteiger partial charge is 0.251 e. The number of carbonyl (C=O) groups excluding carboxylic acids is 1. The van der Waals surface area contributed by atoms with Crippen LogP contribution in [0.3, 0.4) is 0 Å². The summed E-state index contributed by atoms with van der Waals surface area (Å²) in [7, 11) is 2.11. The Morgan fingerprint density at radius 2 is 2.07 bits per heavy atom. The SMILES string of the molecule is CN1CCC(NC(=O)c2ccc3nc(Cc4cccc(Cl)c4)oc3c2)CC1. The van der Waals surface area contributed by atoms with Gasteiger partial charge in [-0.15, -0.1) is 0 Å². The molecule has 27 heavy (non-hydrogen) atoms. The van der Waals surface area contributed by atoms with Crippen molar-refractivity contribution in [2.75, 3.05) is 20.1 Å². The maximum atomic E-state index is 12.6. The highest BCUT2D eigenvalue weighted by Crippen LogP contribution is 2.21. The molecule has 0 aliphatic carbocycles. The van der Waals surface area contributed by atoms with Gasteiger partial charge in [-0.2, -0.15) is 0 Å². The fourth-order valence-corrected chi connectivity index (χ4v) is 3.65. The maximum absolute atomic E-state index is 12.6. The number of benzene rings is 2. The lowest BCUT2D eigenvalue weighted by Gasteiger charge is -2.29. The molecule has 2 aromatic carbocycles. The predicted molar refractivity (Wildman–Crippen MR) is 106 cm³/mol. The van der Waals surface area contributed by atoms with Crippen LogP contribution < -0.4 is 5.32 Å². The Labute approximate surface area is 163 Å². The Morgan fingerprint density at radius 1 is 1.26 bits per heavy atom. The molecule has 1 N–H and O–H groups in total. The van der Waals surface area contributed by atoms with E-state index >= 15 is 0 Å². The third-order valence-corrected chi connectivity index (χ3v) is 5.23. The van der Waals surface area contributed by atoms with Crippen LogP contribution in [0.5, 0.6) is 0 Å². The quantitative estimate of drug-likeness (QED) is 0.742. The van der Waals surface area contributed by atoms with Gasteiger partial charge < -0.3 is 14.6 Å². The van der Waals surface area contributed by atoms with Gasteiger partial charge in [-0.05, 0) is 68.9 Å². The molecule has 0 unspecified atom stereocenters. The first kappa shape index (κ1) is 18.0. The summed E-state index contributed by atoms with van der Waals surface area (Å²) in [5.74, 6) is 0.555. The Kier molecular flexibility index (Phi) is 5.14. The van der Waals surface area contributed by atoms with Gasteiger partial charge in [0.1, 0.15) is 5.52 Å². The van der Waals surface area contributed by atoms with Crippen LogP contribution in [0.1, 0.15) is 34.7 Å². The number of rotatable bonds is 4. The fraction of sp³-hybridized carbons (Fsp3) is 0.333. The van der Waals surface area contributed by atoms with Crippen molar-refractivity contribution in [3.63, 3.8) is 0 Å². The number of likely N-dealkylation sites (tertiary alicyclic amines) is 1. The van der Waals surface area contributed by atoms with Crippen molar-refractivity contribution < 1.29 is 9.21 Å². The molecule has 140 valence electrons. The van der Waals surface area contributed by atoms with E-state index in [1.807, 2.05) is 30.3 Å². The minimum atomic E-state index is -0.0563. The van der Waals surface area contributed by atoms with Crippen LogP contribution in [0.2, 0.25) is 5.02 Å². The number of fused-ring (bicyclic) bond motifs is 1. The summed E-state index contributed by atoms with van der Waals surface area (Å²) in [5.41, 5.74) is 3.02. The van der Waals surface area contributed by atoms with Crippen LogP contribution in [-0.4, -0.2) is 42.0 Å². The Hall–Kier alpha value is -2.37. The lowest BCUT2D eigenvalue weighted by atomic mass is 10.0. The molecule has 0 atom stereocenters. The lowest BCUT2D eigenvalue weighted by molar-refractivity contribution is 0.0917. The largest absolute Gasteiger partial charge is 0.440 e. The molecule has 1 aromatic heterocycles. The number of nitrogens with zero attached hydrogens (tertiary/aromatic N) is 2. The van der Waals surface area contributed by atoms with E-state index in [2.05, 4.69) is 22.2 Å². The predicted octanol–water partition coefficient (Wildman–Crippen LogP) is 3.90. The fourth-order valence-electron chi connectivity index (χ4n) is 3.43. The minimum Gasteiger partial charge on any atom is -0.440 e. The second-order valence-electron chi connectivity index (χ2n) is 7.15. The second kappa shape index (κ2) is 7.71. The molecule has 0 radical (unpaired) electrons. The van der Waals surface area contributed by atoms with E-state index < -0.39 is 0 Å². The van der Waals surface area contributed by atoms with Crippen LogP contribution in [0.15, 0.2) is 46.9 Å². The molecule has 4 rings (SSSR count). The van der Waals surface area contributed by atoms with Crippen LogP contribution in [-0.2, 0) is 6.42 Å². The molecule has 0 spiro atoms. The van der Waals surface area contributed by atoms with Gasteiger partial charge in [-0.25, -0.2) is 4.98 Å². The Balaban J connectivity index is 1.48. The van der Waals surface area contributed by atoms with E-state index in [0.29, 0.717) is 28.5 Å². The summed E-state index contributed by atoms with van der Waals surface area (Å²) >= 11 is 6.04. The maximum Gasteiger partial charge on any atom is 0.251 e. The molecule has 1 saturated heterocycles. The summed E-state index contributed by atoms with van der Waals surface area (Å²) in [6.07, 6.45) is 2.53. The number of nitrogens with one attached hydrogen (secondary N) is 1. The monoisotopic (exact) mass is 383 g/mol.